The monoisotopic (exact) mass is 227 g/mol. The summed E-state index contributed by atoms with van der Waals surface area (Å²) >= 11 is 0. The Kier molecular flexibility index (Phi) is 4.52. The fourth-order valence-corrected chi connectivity index (χ4v) is 1.67. The molecular weight excluding hydrogens is 210 g/mol. The molecule has 3 N–H and O–H groups in total. The van der Waals surface area contributed by atoms with E-state index in [4.69, 9.17) is 10.2 Å². The van der Waals surface area contributed by atoms with E-state index in [0.717, 1.165) is 6.42 Å². The van der Waals surface area contributed by atoms with E-state index in [2.05, 4.69) is 0 Å². The van der Waals surface area contributed by atoms with Crippen molar-refractivity contribution >= 4 is 5.97 Å². The molecule has 0 spiro atoms. The van der Waals surface area contributed by atoms with Crippen LogP contribution in [-0.4, -0.2) is 38.6 Å². The molecule has 0 bridgehead atoms. The third-order valence-electron chi connectivity index (χ3n) is 2.41. The van der Waals surface area contributed by atoms with Crippen LogP contribution >= 0.6 is 0 Å². The molecule has 0 aliphatic carbocycles. The van der Waals surface area contributed by atoms with Gasteiger partial charge in [-0.15, -0.1) is 0 Å². The Morgan fingerprint density at radius 1 is 1.56 bits per heavy atom. The summed E-state index contributed by atoms with van der Waals surface area (Å²) in [6.07, 6.45) is 2.25. The number of nitrogens with zero attached hydrogens (tertiary/aromatic N) is 1. The number of hydrogen-bond donors (Lipinski definition) is 3. The molecular formula is C11H17NO4. The van der Waals surface area contributed by atoms with E-state index >= 15 is 0 Å². The second kappa shape index (κ2) is 5.67. The number of aliphatic hydroxyl groups is 2. The first-order chi connectivity index (χ1) is 7.60. The van der Waals surface area contributed by atoms with E-state index in [1.54, 1.807) is 10.8 Å². The topological polar surface area (TPSA) is 82.7 Å². The van der Waals surface area contributed by atoms with Crippen molar-refractivity contribution in [2.75, 3.05) is 6.61 Å². The van der Waals surface area contributed by atoms with Crippen LogP contribution in [0.15, 0.2) is 12.3 Å². The molecule has 0 aromatic carbocycles. The zero-order chi connectivity index (χ0) is 12.1. The number of aliphatic hydroxyl groups excluding tert-OH is 2. The lowest BCUT2D eigenvalue weighted by Crippen LogP contribution is -2.21. The Morgan fingerprint density at radius 3 is 2.75 bits per heavy atom. The Bertz CT molecular complexity index is 359. The average molecular weight is 227 g/mol. The van der Waals surface area contributed by atoms with Crippen LogP contribution in [0.1, 0.15) is 29.4 Å². The van der Waals surface area contributed by atoms with Crippen molar-refractivity contribution < 1.29 is 20.1 Å². The zero-order valence-corrected chi connectivity index (χ0v) is 9.26. The first-order valence-electron chi connectivity index (χ1n) is 5.30. The maximum atomic E-state index is 10.9. The van der Waals surface area contributed by atoms with Crippen molar-refractivity contribution in [1.82, 2.24) is 4.57 Å². The minimum atomic E-state index is -0.958. The summed E-state index contributed by atoms with van der Waals surface area (Å²) in [5.74, 6) is -0.958. The van der Waals surface area contributed by atoms with Gasteiger partial charge in [-0.05, 0) is 12.5 Å². The number of aromatic carboxylic acids is 1. The summed E-state index contributed by atoms with van der Waals surface area (Å²) in [5, 5.41) is 27.1. The van der Waals surface area contributed by atoms with Gasteiger partial charge < -0.3 is 19.9 Å². The van der Waals surface area contributed by atoms with Crippen LogP contribution in [0, 0.1) is 0 Å². The summed E-state index contributed by atoms with van der Waals surface area (Å²) in [6.45, 7) is 1.86. The third-order valence-corrected chi connectivity index (χ3v) is 2.41. The van der Waals surface area contributed by atoms with Gasteiger partial charge in [-0.2, -0.15) is 0 Å². The van der Waals surface area contributed by atoms with E-state index in [1.807, 2.05) is 6.92 Å². The van der Waals surface area contributed by atoms with E-state index in [9.17, 15) is 9.90 Å². The highest BCUT2D eigenvalue weighted by Crippen LogP contribution is 2.14. The van der Waals surface area contributed by atoms with Crippen LogP contribution < -0.4 is 0 Å². The van der Waals surface area contributed by atoms with Crippen molar-refractivity contribution in [1.29, 1.82) is 0 Å². The highest BCUT2D eigenvalue weighted by atomic mass is 16.4. The molecule has 1 aromatic rings. The smallest absolute Gasteiger partial charge is 0.337 e. The molecule has 0 aliphatic heterocycles. The molecule has 0 amide bonds. The third kappa shape index (κ3) is 2.84. The van der Waals surface area contributed by atoms with Gasteiger partial charge in [-0.25, -0.2) is 4.79 Å². The maximum absolute atomic E-state index is 10.9. The predicted octanol–water partition coefficient (Wildman–Crippen LogP) is 0.492. The highest BCUT2D eigenvalue weighted by Gasteiger charge is 2.15. The van der Waals surface area contributed by atoms with Crippen LogP contribution in [0.25, 0.3) is 0 Å². The number of rotatable bonds is 6. The van der Waals surface area contributed by atoms with Crippen molar-refractivity contribution in [2.45, 2.75) is 32.4 Å². The van der Waals surface area contributed by atoms with Crippen molar-refractivity contribution in [3.63, 3.8) is 0 Å². The molecule has 0 fully saturated rings. The fourth-order valence-electron chi connectivity index (χ4n) is 1.67. The summed E-state index contributed by atoms with van der Waals surface area (Å²) in [7, 11) is 0. The van der Waals surface area contributed by atoms with Crippen LogP contribution in [0.3, 0.4) is 0 Å². The molecule has 0 saturated heterocycles. The van der Waals surface area contributed by atoms with E-state index < -0.39 is 12.1 Å². The van der Waals surface area contributed by atoms with Gasteiger partial charge in [0.05, 0.1) is 24.8 Å². The highest BCUT2D eigenvalue weighted by molar-refractivity contribution is 5.89. The standard InChI is InChI=1S/C11H17NO4/c1-2-3-10-9(11(15)16)4-5-12(10)6-8(14)7-13/h4-5,8,13-14H,2-3,6-7H2,1H3,(H,15,16). The molecule has 0 aliphatic rings. The Labute approximate surface area is 93.9 Å². The molecule has 0 saturated carbocycles. The van der Waals surface area contributed by atoms with Gasteiger partial charge in [0.1, 0.15) is 0 Å². The molecule has 1 atom stereocenters. The van der Waals surface area contributed by atoms with E-state index in [1.165, 1.54) is 6.07 Å². The lowest BCUT2D eigenvalue weighted by Gasteiger charge is -2.12. The molecule has 1 aromatic heterocycles. The number of aromatic nitrogens is 1. The average Bonchev–Trinajstić information content (AvgIpc) is 2.62. The van der Waals surface area contributed by atoms with Crippen LogP contribution in [0.4, 0.5) is 0 Å². The molecule has 1 rings (SSSR count). The minimum Gasteiger partial charge on any atom is -0.478 e. The molecule has 1 unspecified atom stereocenters. The number of hydrogen-bond acceptors (Lipinski definition) is 3. The number of carboxylic acid groups (broad SMARTS) is 1. The SMILES string of the molecule is CCCc1c(C(=O)O)ccn1CC(O)CO. The Balaban J connectivity index is 2.95. The normalized spacial score (nSPS) is 12.7. The van der Waals surface area contributed by atoms with Gasteiger partial charge in [-0.3, -0.25) is 0 Å². The summed E-state index contributed by atoms with van der Waals surface area (Å²) in [4.78, 5) is 10.9. The van der Waals surface area contributed by atoms with Gasteiger partial charge in [0.15, 0.2) is 0 Å². The van der Waals surface area contributed by atoms with Crippen LogP contribution in [0.2, 0.25) is 0 Å². The van der Waals surface area contributed by atoms with Gasteiger partial charge >= 0.3 is 5.97 Å². The lowest BCUT2D eigenvalue weighted by molar-refractivity contribution is 0.0692. The molecule has 1 heterocycles. The quantitative estimate of drug-likeness (QED) is 0.660. The second-order valence-electron chi connectivity index (χ2n) is 3.72. The molecule has 5 nitrogen and oxygen atoms in total. The summed E-state index contributed by atoms with van der Waals surface area (Å²) in [5.41, 5.74) is 0.967. The van der Waals surface area contributed by atoms with Crippen molar-refractivity contribution in [3.8, 4) is 0 Å². The zero-order valence-electron chi connectivity index (χ0n) is 9.26. The largest absolute Gasteiger partial charge is 0.478 e. The van der Waals surface area contributed by atoms with Crippen molar-refractivity contribution in [3.05, 3.63) is 23.5 Å². The molecule has 0 radical (unpaired) electrons. The minimum absolute atomic E-state index is 0.221. The predicted molar refractivity (Wildman–Crippen MR) is 58.5 cm³/mol. The van der Waals surface area contributed by atoms with Crippen LogP contribution in [0.5, 0.6) is 0 Å². The Hall–Kier alpha value is -1.33. The van der Waals surface area contributed by atoms with E-state index in [-0.39, 0.29) is 18.7 Å². The first-order valence-corrected chi connectivity index (χ1v) is 5.30. The lowest BCUT2D eigenvalue weighted by atomic mass is 10.1. The second-order valence-corrected chi connectivity index (χ2v) is 3.72. The molecule has 16 heavy (non-hydrogen) atoms. The molecule has 90 valence electrons. The van der Waals surface area contributed by atoms with Gasteiger partial charge in [0.25, 0.3) is 0 Å². The first kappa shape index (κ1) is 12.7. The summed E-state index contributed by atoms with van der Waals surface area (Å²) < 4.78 is 1.69. The maximum Gasteiger partial charge on any atom is 0.337 e. The van der Waals surface area contributed by atoms with Crippen molar-refractivity contribution in [2.24, 2.45) is 0 Å². The summed E-state index contributed by atoms with van der Waals surface area (Å²) in [6, 6.07) is 1.53. The molecule has 5 heteroatoms. The number of carboxylic acids is 1. The number of carbonyl (C=O) groups is 1. The van der Waals surface area contributed by atoms with E-state index in [0.29, 0.717) is 12.1 Å². The van der Waals surface area contributed by atoms with Gasteiger partial charge in [0, 0.05) is 11.9 Å². The van der Waals surface area contributed by atoms with Gasteiger partial charge in [-0.1, -0.05) is 13.3 Å². The van der Waals surface area contributed by atoms with Gasteiger partial charge in [0.2, 0.25) is 0 Å². The van der Waals surface area contributed by atoms with Crippen LogP contribution in [-0.2, 0) is 13.0 Å². The Morgan fingerprint density at radius 2 is 2.25 bits per heavy atom. The fraction of sp³-hybridized carbons (Fsp3) is 0.545.